The summed E-state index contributed by atoms with van der Waals surface area (Å²) >= 11 is 3.41. The molecule has 0 radical (unpaired) electrons. The van der Waals surface area contributed by atoms with E-state index in [1.165, 1.54) is 50.7 Å². The van der Waals surface area contributed by atoms with Crippen molar-refractivity contribution >= 4 is 31.9 Å². The Balaban J connectivity index is 1.54. The van der Waals surface area contributed by atoms with Crippen LogP contribution in [0.2, 0.25) is 0 Å². The highest BCUT2D eigenvalue weighted by Crippen LogP contribution is 2.61. The Morgan fingerprint density at radius 1 is 1.18 bits per heavy atom. The monoisotopic (exact) mass is 468 g/mol. The summed E-state index contributed by atoms with van der Waals surface area (Å²) in [5.74, 6) is 2.27. The molecule has 1 aromatic rings. The molecule has 0 aromatic heterocycles. The number of hydrogen-bond donors (Lipinski definition) is 2. The number of sulfonamides is 1. The van der Waals surface area contributed by atoms with Crippen molar-refractivity contribution in [1.82, 2.24) is 10.0 Å². The van der Waals surface area contributed by atoms with E-state index >= 15 is 0 Å². The van der Waals surface area contributed by atoms with Gasteiger partial charge in [0.25, 0.3) is 5.91 Å². The Kier molecular flexibility index (Phi) is 5.38. The van der Waals surface area contributed by atoms with Crippen LogP contribution in [0.15, 0.2) is 27.6 Å². The second kappa shape index (κ2) is 7.40. The van der Waals surface area contributed by atoms with E-state index in [9.17, 15) is 13.2 Å². The highest BCUT2D eigenvalue weighted by Gasteiger charge is 2.53. The van der Waals surface area contributed by atoms with Gasteiger partial charge in [0, 0.05) is 17.1 Å². The van der Waals surface area contributed by atoms with Gasteiger partial charge < -0.3 is 5.32 Å². The molecule has 1 atom stereocenters. The summed E-state index contributed by atoms with van der Waals surface area (Å²) in [5.41, 5.74) is 0.584. The maximum Gasteiger partial charge on any atom is 0.252 e. The van der Waals surface area contributed by atoms with E-state index in [0.29, 0.717) is 16.6 Å². The minimum atomic E-state index is -3.60. The second-order valence-electron chi connectivity index (χ2n) is 9.12. The molecule has 28 heavy (non-hydrogen) atoms. The highest BCUT2D eigenvalue weighted by molar-refractivity contribution is 9.10. The predicted molar refractivity (Wildman–Crippen MR) is 113 cm³/mol. The molecule has 4 fully saturated rings. The van der Waals surface area contributed by atoms with Crippen molar-refractivity contribution in [2.45, 2.75) is 63.3 Å². The Hall–Kier alpha value is -0.920. The van der Waals surface area contributed by atoms with Crippen LogP contribution < -0.4 is 10.0 Å². The first kappa shape index (κ1) is 20.4. The SMILES string of the molecule is CCNS(=O)(=O)c1ccc(Br)c(C(=O)NC(C)C23CC4CC(CC(C4)C2)C3)c1. The summed E-state index contributed by atoms with van der Waals surface area (Å²) < 4.78 is 27.7. The number of carbonyl (C=O) groups is 1. The van der Waals surface area contributed by atoms with Crippen LogP contribution >= 0.6 is 15.9 Å². The first-order chi connectivity index (χ1) is 13.2. The minimum absolute atomic E-state index is 0.0920. The fourth-order valence-electron chi connectivity index (χ4n) is 6.25. The molecule has 1 amide bonds. The summed E-state index contributed by atoms with van der Waals surface area (Å²) in [4.78, 5) is 13.2. The molecular formula is C21H29BrN2O3S. The topological polar surface area (TPSA) is 75.3 Å². The Bertz CT molecular complexity index is 848. The average molecular weight is 469 g/mol. The molecule has 4 bridgehead atoms. The van der Waals surface area contributed by atoms with Crippen molar-refractivity contribution in [2.75, 3.05) is 6.54 Å². The van der Waals surface area contributed by atoms with Crippen LogP contribution in [0.4, 0.5) is 0 Å². The van der Waals surface area contributed by atoms with Gasteiger partial charge in [0.15, 0.2) is 0 Å². The maximum atomic E-state index is 13.0. The number of amides is 1. The third-order valence-corrected chi connectivity index (χ3v) is 9.41. The molecule has 5 nitrogen and oxygen atoms in total. The summed E-state index contributed by atoms with van der Waals surface area (Å²) in [6.45, 7) is 4.18. The third-order valence-electron chi connectivity index (χ3n) is 7.18. The zero-order valence-corrected chi connectivity index (χ0v) is 18.9. The number of rotatable bonds is 6. The molecule has 154 valence electrons. The summed E-state index contributed by atoms with van der Waals surface area (Å²) in [6.07, 6.45) is 7.77. The van der Waals surface area contributed by atoms with Crippen LogP contribution in [0.25, 0.3) is 0 Å². The van der Waals surface area contributed by atoms with Gasteiger partial charge >= 0.3 is 0 Å². The highest BCUT2D eigenvalue weighted by atomic mass is 79.9. The lowest BCUT2D eigenvalue weighted by Crippen LogP contribution is -2.55. The zero-order chi connectivity index (χ0) is 20.1. The maximum absolute atomic E-state index is 13.0. The summed E-state index contributed by atoms with van der Waals surface area (Å²) in [6, 6.07) is 4.70. The van der Waals surface area contributed by atoms with Gasteiger partial charge in [-0.2, -0.15) is 0 Å². The van der Waals surface area contributed by atoms with E-state index < -0.39 is 10.0 Å². The molecular weight excluding hydrogens is 440 g/mol. The largest absolute Gasteiger partial charge is 0.349 e. The molecule has 0 heterocycles. The smallest absolute Gasteiger partial charge is 0.252 e. The molecule has 4 aliphatic rings. The second-order valence-corrected chi connectivity index (χ2v) is 11.7. The Morgan fingerprint density at radius 2 is 1.75 bits per heavy atom. The lowest BCUT2D eigenvalue weighted by atomic mass is 9.48. The molecule has 7 heteroatoms. The minimum Gasteiger partial charge on any atom is -0.349 e. The van der Waals surface area contributed by atoms with Gasteiger partial charge in [-0.3, -0.25) is 4.79 Å². The number of nitrogens with one attached hydrogen (secondary N) is 2. The molecule has 0 spiro atoms. The molecule has 0 aliphatic heterocycles. The van der Waals surface area contributed by atoms with Crippen LogP contribution in [-0.4, -0.2) is 26.9 Å². The van der Waals surface area contributed by atoms with E-state index in [4.69, 9.17) is 0 Å². The molecule has 0 saturated heterocycles. The summed E-state index contributed by atoms with van der Waals surface area (Å²) in [5, 5.41) is 3.22. The number of carbonyl (C=O) groups excluding carboxylic acids is 1. The Labute approximate surface area is 176 Å². The van der Waals surface area contributed by atoms with Crippen LogP contribution in [0.5, 0.6) is 0 Å². The van der Waals surface area contributed by atoms with Gasteiger partial charge in [0.05, 0.1) is 10.5 Å². The predicted octanol–water partition coefficient (Wildman–Crippen LogP) is 4.08. The average Bonchev–Trinajstić information content (AvgIpc) is 2.60. The van der Waals surface area contributed by atoms with Gasteiger partial charge in [-0.15, -0.1) is 0 Å². The van der Waals surface area contributed by atoms with E-state index in [1.54, 1.807) is 13.0 Å². The van der Waals surface area contributed by atoms with Gasteiger partial charge in [-0.25, -0.2) is 13.1 Å². The van der Waals surface area contributed by atoms with E-state index in [1.807, 2.05) is 0 Å². The number of benzene rings is 1. The summed E-state index contributed by atoms with van der Waals surface area (Å²) in [7, 11) is -3.60. The van der Waals surface area contributed by atoms with Crippen molar-refractivity contribution in [3.05, 3.63) is 28.2 Å². The molecule has 4 saturated carbocycles. The van der Waals surface area contributed by atoms with Crippen LogP contribution in [0.3, 0.4) is 0 Å². The van der Waals surface area contributed by atoms with Crippen LogP contribution in [0, 0.1) is 23.2 Å². The molecule has 1 aromatic carbocycles. The third kappa shape index (κ3) is 3.65. The van der Waals surface area contributed by atoms with E-state index in [-0.39, 0.29) is 22.3 Å². The fraction of sp³-hybridized carbons (Fsp3) is 0.667. The normalized spacial score (nSPS) is 32.3. The first-order valence-corrected chi connectivity index (χ1v) is 12.6. The van der Waals surface area contributed by atoms with Gasteiger partial charge in [-0.05, 0) is 103 Å². The zero-order valence-electron chi connectivity index (χ0n) is 16.5. The molecule has 2 N–H and O–H groups in total. The van der Waals surface area contributed by atoms with Crippen LogP contribution in [0.1, 0.15) is 62.7 Å². The van der Waals surface area contributed by atoms with Crippen molar-refractivity contribution in [3.63, 3.8) is 0 Å². The molecule has 4 aliphatic carbocycles. The lowest BCUT2D eigenvalue weighted by Gasteiger charge is -2.59. The van der Waals surface area contributed by atoms with Gasteiger partial charge in [0.2, 0.25) is 10.0 Å². The standard InChI is InChI=1S/C21H29BrN2O3S/c1-3-23-28(26,27)17-4-5-19(22)18(9-17)20(25)24-13(2)21-10-14-6-15(11-21)8-16(7-14)12-21/h4-5,9,13-16,23H,3,6-8,10-12H2,1-2H3,(H,24,25). The quantitative estimate of drug-likeness (QED) is 0.659. The van der Waals surface area contributed by atoms with Crippen molar-refractivity contribution in [1.29, 1.82) is 0 Å². The van der Waals surface area contributed by atoms with E-state index in [2.05, 4.69) is 32.9 Å². The first-order valence-electron chi connectivity index (χ1n) is 10.3. The molecule has 5 rings (SSSR count). The Morgan fingerprint density at radius 3 is 2.29 bits per heavy atom. The fourth-order valence-corrected chi connectivity index (χ4v) is 7.75. The van der Waals surface area contributed by atoms with Crippen molar-refractivity contribution in [2.24, 2.45) is 23.2 Å². The van der Waals surface area contributed by atoms with Gasteiger partial charge in [0.1, 0.15) is 0 Å². The van der Waals surface area contributed by atoms with Crippen LogP contribution in [-0.2, 0) is 10.0 Å². The lowest BCUT2D eigenvalue weighted by molar-refractivity contribution is -0.0688. The van der Waals surface area contributed by atoms with Crippen molar-refractivity contribution < 1.29 is 13.2 Å². The molecule has 1 unspecified atom stereocenters. The van der Waals surface area contributed by atoms with E-state index in [0.717, 1.165) is 17.8 Å². The van der Waals surface area contributed by atoms with Crippen molar-refractivity contribution in [3.8, 4) is 0 Å². The van der Waals surface area contributed by atoms with Gasteiger partial charge in [-0.1, -0.05) is 6.92 Å². The number of halogens is 1. The number of hydrogen-bond acceptors (Lipinski definition) is 3.